The molecular weight excluding hydrogens is 388 g/mol. The summed E-state index contributed by atoms with van der Waals surface area (Å²) in [4.78, 5) is 22.4. The Kier molecular flexibility index (Phi) is 11.3. The second-order valence-electron chi connectivity index (χ2n) is 10.5. The third-order valence-electron chi connectivity index (χ3n) is 6.52. The van der Waals surface area contributed by atoms with Gasteiger partial charge in [-0.15, -0.1) is 0 Å². The Morgan fingerprint density at radius 1 is 0.677 bits per heavy atom. The van der Waals surface area contributed by atoms with Gasteiger partial charge < -0.3 is 10.2 Å². The molecule has 31 heavy (non-hydrogen) atoms. The van der Waals surface area contributed by atoms with Crippen molar-refractivity contribution in [3.8, 4) is 0 Å². The highest BCUT2D eigenvalue weighted by Crippen LogP contribution is 2.26. The van der Waals surface area contributed by atoms with Crippen LogP contribution in [0.15, 0.2) is 18.2 Å². The molecule has 1 rings (SSSR count). The van der Waals surface area contributed by atoms with Crippen molar-refractivity contribution in [3.63, 3.8) is 0 Å². The van der Waals surface area contributed by atoms with E-state index in [2.05, 4.69) is 25.1 Å². The number of aryl methyl sites for hydroxylation is 3. The van der Waals surface area contributed by atoms with Crippen LogP contribution in [0.5, 0.6) is 0 Å². The lowest BCUT2D eigenvalue weighted by atomic mass is 9.86. The molecule has 2 N–H and O–H groups in total. The lowest BCUT2D eigenvalue weighted by Crippen LogP contribution is -2.23. The van der Waals surface area contributed by atoms with Crippen LogP contribution in [-0.2, 0) is 22.4 Å². The first-order valence-corrected chi connectivity index (χ1v) is 12.0. The third kappa shape index (κ3) is 10.3. The molecule has 4 nitrogen and oxygen atoms in total. The maximum absolute atomic E-state index is 11.2. The molecule has 0 aromatic heterocycles. The van der Waals surface area contributed by atoms with Crippen molar-refractivity contribution in [2.75, 3.05) is 0 Å². The van der Waals surface area contributed by atoms with Gasteiger partial charge in [0.15, 0.2) is 0 Å². The van der Waals surface area contributed by atoms with E-state index in [1.165, 1.54) is 16.7 Å². The molecule has 0 aliphatic heterocycles. The summed E-state index contributed by atoms with van der Waals surface area (Å²) < 4.78 is 0. The summed E-state index contributed by atoms with van der Waals surface area (Å²) in [6.45, 7) is 9.37. The second kappa shape index (κ2) is 12.9. The second-order valence-corrected chi connectivity index (χ2v) is 10.5. The molecule has 0 saturated carbocycles. The zero-order chi connectivity index (χ0) is 23.5. The summed E-state index contributed by atoms with van der Waals surface area (Å²) in [6, 6.07) is 6.79. The van der Waals surface area contributed by atoms with Crippen molar-refractivity contribution < 1.29 is 19.8 Å². The Morgan fingerprint density at radius 3 is 1.55 bits per heavy atom. The predicted octanol–water partition coefficient (Wildman–Crippen LogP) is 7.20. The van der Waals surface area contributed by atoms with Crippen LogP contribution in [0.4, 0.5) is 0 Å². The summed E-state index contributed by atoms with van der Waals surface area (Å²) in [5.41, 5.74) is 2.97. The van der Waals surface area contributed by atoms with Crippen molar-refractivity contribution in [2.24, 2.45) is 10.8 Å². The SMILES string of the molecule is Cc1ccc(CCCCCCC(C)(C)C(=O)O)c(CCCCCCC(C)(C)C(=O)O)c1. The van der Waals surface area contributed by atoms with E-state index in [1.807, 2.05) is 0 Å². The first-order valence-electron chi connectivity index (χ1n) is 12.0. The van der Waals surface area contributed by atoms with Crippen LogP contribution in [0, 0.1) is 17.8 Å². The van der Waals surface area contributed by atoms with Crippen molar-refractivity contribution in [1.29, 1.82) is 0 Å². The number of benzene rings is 1. The number of hydrogen-bond donors (Lipinski definition) is 2. The number of carbonyl (C=O) groups is 2. The van der Waals surface area contributed by atoms with Crippen molar-refractivity contribution in [1.82, 2.24) is 0 Å². The highest BCUT2D eigenvalue weighted by Gasteiger charge is 2.26. The number of unbranched alkanes of at least 4 members (excludes halogenated alkanes) is 6. The fourth-order valence-electron chi connectivity index (χ4n) is 3.92. The predicted molar refractivity (Wildman–Crippen MR) is 128 cm³/mol. The zero-order valence-electron chi connectivity index (χ0n) is 20.4. The summed E-state index contributed by atoms with van der Waals surface area (Å²) in [5.74, 6) is -1.41. The molecule has 0 aliphatic carbocycles. The summed E-state index contributed by atoms with van der Waals surface area (Å²) in [6.07, 6.45) is 12.3. The molecule has 0 heterocycles. The van der Waals surface area contributed by atoms with Crippen molar-refractivity contribution in [2.45, 2.75) is 112 Å². The average molecular weight is 433 g/mol. The first-order chi connectivity index (χ1) is 14.5. The van der Waals surface area contributed by atoms with Gasteiger partial charge in [-0.1, -0.05) is 62.3 Å². The van der Waals surface area contributed by atoms with Gasteiger partial charge in [0.25, 0.3) is 0 Å². The lowest BCUT2D eigenvalue weighted by molar-refractivity contribution is -0.148. The van der Waals surface area contributed by atoms with E-state index < -0.39 is 22.8 Å². The van der Waals surface area contributed by atoms with E-state index in [4.69, 9.17) is 0 Å². The molecule has 0 saturated heterocycles. The maximum atomic E-state index is 11.2. The van der Waals surface area contributed by atoms with Crippen molar-refractivity contribution >= 4 is 11.9 Å². The summed E-state index contributed by atoms with van der Waals surface area (Å²) in [7, 11) is 0. The van der Waals surface area contributed by atoms with Gasteiger partial charge in [-0.2, -0.15) is 0 Å². The molecule has 1 aromatic carbocycles. The minimum Gasteiger partial charge on any atom is -0.481 e. The Hall–Kier alpha value is -1.84. The Bertz CT molecular complexity index is 703. The Balaban J connectivity index is 2.35. The molecule has 1 aromatic rings. The number of rotatable bonds is 16. The molecule has 0 bridgehead atoms. The van der Waals surface area contributed by atoms with Gasteiger partial charge in [0.05, 0.1) is 10.8 Å². The van der Waals surface area contributed by atoms with Crippen molar-refractivity contribution in [3.05, 3.63) is 34.9 Å². The number of aliphatic carboxylic acids is 2. The maximum Gasteiger partial charge on any atom is 0.309 e. The molecule has 4 heteroatoms. The molecule has 0 unspecified atom stereocenters. The van der Waals surface area contributed by atoms with E-state index >= 15 is 0 Å². The fraction of sp³-hybridized carbons (Fsp3) is 0.704. The van der Waals surface area contributed by atoms with E-state index in [0.717, 1.165) is 77.0 Å². The van der Waals surface area contributed by atoms with Gasteiger partial charge in [-0.05, 0) is 84.3 Å². The van der Waals surface area contributed by atoms with E-state index in [0.29, 0.717) is 0 Å². The number of hydrogen-bond acceptors (Lipinski definition) is 2. The zero-order valence-corrected chi connectivity index (χ0v) is 20.4. The fourth-order valence-corrected chi connectivity index (χ4v) is 3.92. The van der Waals surface area contributed by atoms with Gasteiger partial charge in [0, 0.05) is 0 Å². The monoisotopic (exact) mass is 432 g/mol. The minimum atomic E-state index is -0.706. The van der Waals surface area contributed by atoms with Gasteiger partial charge in [0.2, 0.25) is 0 Å². The molecule has 0 radical (unpaired) electrons. The highest BCUT2D eigenvalue weighted by atomic mass is 16.4. The molecule has 0 spiro atoms. The average Bonchev–Trinajstić information content (AvgIpc) is 2.68. The standard InChI is InChI=1S/C27H44O4/c1-21-16-17-22(14-10-6-8-12-18-26(2,3)24(28)29)23(20-21)15-11-7-9-13-19-27(4,5)25(30)31/h16-17,20H,6-15,18-19H2,1-5H3,(H,28,29)(H,30,31). The van der Waals surface area contributed by atoms with E-state index in [-0.39, 0.29) is 0 Å². The van der Waals surface area contributed by atoms with E-state index in [9.17, 15) is 19.8 Å². The largest absolute Gasteiger partial charge is 0.481 e. The molecule has 0 atom stereocenters. The van der Waals surface area contributed by atoms with Crippen LogP contribution in [-0.4, -0.2) is 22.2 Å². The van der Waals surface area contributed by atoms with Crippen LogP contribution in [0.3, 0.4) is 0 Å². The lowest BCUT2D eigenvalue weighted by Gasteiger charge is -2.18. The summed E-state index contributed by atoms with van der Waals surface area (Å²) in [5, 5.41) is 18.4. The number of carboxylic acid groups (broad SMARTS) is 2. The van der Waals surface area contributed by atoms with Gasteiger partial charge in [-0.25, -0.2) is 0 Å². The van der Waals surface area contributed by atoms with Crippen LogP contribution >= 0.6 is 0 Å². The smallest absolute Gasteiger partial charge is 0.309 e. The molecule has 0 amide bonds. The Labute approximate surface area is 189 Å². The molecular formula is C27H44O4. The van der Waals surface area contributed by atoms with E-state index in [1.54, 1.807) is 27.7 Å². The third-order valence-corrected chi connectivity index (χ3v) is 6.52. The normalized spacial score (nSPS) is 12.2. The highest BCUT2D eigenvalue weighted by molar-refractivity contribution is 5.73. The van der Waals surface area contributed by atoms with Crippen LogP contribution in [0.25, 0.3) is 0 Å². The van der Waals surface area contributed by atoms with Crippen LogP contribution < -0.4 is 0 Å². The van der Waals surface area contributed by atoms with Gasteiger partial charge in [-0.3, -0.25) is 9.59 Å². The van der Waals surface area contributed by atoms with Gasteiger partial charge >= 0.3 is 11.9 Å². The van der Waals surface area contributed by atoms with Gasteiger partial charge in [0.1, 0.15) is 0 Å². The Morgan fingerprint density at radius 2 is 1.10 bits per heavy atom. The first kappa shape index (κ1) is 27.2. The molecule has 0 fully saturated rings. The summed E-state index contributed by atoms with van der Waals surface area (Å²) >= 11 is 0. The topological polar surface area (TPSA) is 74.6 Å². The molecule has 176 valence electrons. The minimum absolute atomic E-state index is 0.618. The van der Waals surface area contributed by atoms with Crippen LogP contribution in [0.2, 0.25) is 0 Å². The molecule has 0 aliphatic rings. The number of carboxylic acids is 2. The quantitative estimate of drug-likeness (QED) is 0.271. The van der Waals surface area contributed by atoms with Crippen LogP contribution in [0.1, 0.15) is 109 Å².